The molecule has 0 atom stereocenters. The number of nitrogens with zero attached hydrogens (tertiary/aromatic N) is 4. The molecule has 8 heteroatoms. The van der Waals surface area contributed by atoms with Crippen molar-refractivity contribution in [3.8, 4) is 22.5 Å². The van der Waals surface area contributed by atoms with E-state index in [1.807, 2.05) is 0 Å². The van der Waals surface area contributed by atoms with Crippen LogP contribution in [-0.4, -0.2) is 24.6 Å². The van der Waals surface area contributed by atoms with Gasteiger partial charge in [0.05, 0.1) is 17.6 Å². The highest BCUT2D eigenvalue weighted by molar-refractivity contribution is 5.89. The highest BCUT2D eigenvalue weighted by Gasteiger charge is 2.19. The second-order valence-corrected chi connectivity index (χ2v) is 6.12. The molecule has 0 saturated carbocycles. The highest BCUT2D eigenvalue weighted by atomic mass is 19.1. The minimum Gasteiger partial charge on any atom is -0.381 e. The van der Waals surface area contributed by atoms with Gasteiger partial charge in [-0.15, -0.1) is 0 Å². The number of halogens is 2. The van der Waals surface area contributed by atoms with Gasteiger partial charge in [-0.05, 0) is 24.3 Å². The molecule has 132 valence electrons. The molecule has 0 bridgehead atoms. The van der Waals surface area contributed by atoms with Gasteiger partial charge < -0.3 is 5.73 Å². The van der Waals surface area contributed by atoms with Gasteiger partial charge in [0.25, 0.3) is 0 Å². The third-order valence-corrected chi connectivity index (χ3v) is 4.44. The molecule has 0 aliphatic rings. The first-order valence-corrected chi connectivity index (χ1v) is 8.13. The summed E-state index contributed by atoms with van der Waals surface area (Å²) in [6.45, 7) is 0. The maximum Gasteiger partial charge on any atom is 0.180 e. The van der Waals surface area contributed by atoms with Crippen LogP contribution in [0.4, 0.5) is 14.6 Å². The molecule has 2 aromatic carbocycles. The predicted octanol–water partition coefficient (Wildman–Crippen LogP) is 3.80. The van der Waals surface area contributed by atoms with Crippen molar-refractivity contribution < 1.29 is 8.78 Å². The smallest absolute Gasteiger partial charge is 0.180 e. The summed E-state index contributed by atoms with van der Waals surface area (Å²) in [5.41, 5.74) is 8.88. The molecule has 0 amide bonds. The summed E-state index contributed by atoms with van der Waals surface area (Å²) in [5, 5.41) is 7.13. The Morgan fingerprint density at radius 2 is 1.96 bits per heavy atom. The van der Waals surface area contributed by atoms with Crippen LogP contribution in [0.5, 0.6) is 0 Å². The molecule has 6 nitrogen and oxygen atoms in total. The molecular weight excluding hydrogens is 350 g/mol. The number of nitrogens with one attached hydrogen (secondary N) is 1. The van der Waals surface area contributed by atoms with E-state index in [0.29, 0.717) is 39.1 Å². The lowest BCUT2D eigenvalue weighted by molar-refractivity contribution is 0.628. The van der Waals surface area contributed by atoms with Gasteiger partial charge in [0.15, 0.2) is 11.5 Å². The summed E-state index contributed by atoms with van der Waals surface area (Å²) in [6.07, 6.45) is 4.83. The zero-order chi connectivity index (χ0) is 18.5. The number of benzene rings is 2. The summed E-state index contributed by atoms with van der Waals surface area (Å²) in [4.78, 5) is 8.66. The molecule has 5 rings (SSSR count). The third kappa shape index (κ3) is 2.34. The SMILES string of the molecule is Nc1nc(-c2cccc(F)c2)c(-c2cc(F)c3[nH]ncc3c2)n2ccnc12. The average molecular weight is 362 g/mol. The number of aromatic amines is 1. The van der Waals surface area contributed by atoms with Crippen LogP contribution in [0.25, 0.3) is 39.1 Å². The summed E-state index contributed by atoms with van der Waals surface area (Å²) < 4.78 is 30.1. The average Bonchev–Trinajstić information content (AvgIpc) is 3.31. The second-order valence-electron chi connectivity index (χ2n) is 6.12. The summed E-state index contributed by atoms with van der Waals surface area (Å²) >= 11 is 0. The molecule has 0 radical (unpaired) electrons. The van der Waals surface area contributed by atoms with Gasteiger partial charge in [-0.25, -0.2) is 18.7 Å². The van der Waals surface area contributed by atoms with E-state index in [0.717, 1.165) is 0 Å². The van der Waals surface area contributed by atoms with E-state index in [9.17, 15) is 8.78 Å². The van der Waals surface area contributed by atoms with E-state index in [-0.39, 0.29) is 5.82 Å². The Hall–Kier alpha value is -3.81. The van der Waals surface area contributed by atoms with Gasteiger partial charge in [0.1, 0.15) is 17.2 Å². The number of H-pyrrole nitrogens is 1. The molecule has 27 heavy (non-hydrogen) atoms. The van der Waals surface area contributed by atoms with Crippen molar-refractivity contribution in [1.82, 2.24) is 24.6 Å². The molecule has 0 spiro atoms. The molecule has 3 heterocycles. The Morgan fingerprint density at radius 3 is 2.81 bits per heavy atom. The lowest BCUT2D eigenvalue weighted by Crippen LogP contribution is -2.04. The van der Waals surface area contributed by atoms with Gasteiger partial charge in [-0.3, -0.25) is 9.50 Å². The topological polar surface area (TPSA) is 84.9 Å². The van der Waals surface area contributed by atoms with Crippen LogP contribution in [0.3, 0.4) is 0 Å². The summed E-state index contributed by atoms with van der Waals surface area (Å²) in [7, 11) is 0. The predicted molar refractivity (Wildman–Crippen MR) is 97.8 cm³/mol. The van der Waals surface area contributed by atoms with Gasteiger partial charge in [-0.1, -0.05) is 12.1 Å². The van der Waals surface area contributed by atoms with Gasteiger partial charge in [-0.2, -0.15) is 5.10 Å². The Morgan fingerprint density at radius 1 is 1.07 bits per heavy atom. The number of anilines is 1. The lowest BCUT2D eigenvalue weighted by atomic mass is 10.0. The number of nitrogens with two attached hydrogens (primary N) is 1. The Labute approximate surface area is 151 Å². The first-order chi connectivity index (χ1) is 13.1. The van der Waals surface area contributed by atoms with Crippen molar-refractivity contribution in [2.75, 3.05) is 5.73 Å². The first kappa shape index (κ1) is 15.4. The van der Waals surface area contributed by atoms with Crippen LogP contribution in [0.2, 0.25) is 0 Å². The molecule has 0 saturated heterocycles. The lowest BCUT2D eigenvalue weighted by Gasteiger charge is -2.14. The standard InChI is InChI=1S/C19H12F2N6/c20-13-3-1-2-10(7-13)16-17(27-5-4-23-19(27)18(22)25-16)11-6-12-9-24-26-15(12)14(21)8-11/h1-9H,(H2,22,25)(H,24,26). The number of fused-ring (bicyclic) bond motifs is 2. The Bertz CT molecular complexity index is 1320. The number of rotatable bonds is 2. The van der Waals surface area contributed by atoms with Crippen LogP contribution in [0.15, 0.2) is 55.0 Å². The van der Waals surface area contributed by atoms with E-state index >= 15 is 0 Å². The first-order valence-electron chi connectivity index (χ1n) is 8.13. The number of hydrogen-bond donors (Lipinski definition) is 2. The maximum absolute atomic E-state index is 14.6. The van der Waals surface area contributed by atoms with Crippen molar-refractivity contribution in [2.24, 2.45) is 0 Å². The molecule has 0 aliphatic carbocycles. The summed E-state index contributed by atoms with van der Waals surface area (Å²) in [6, 6.07) is 9.20. The molecule has 5 aromatic rings. The normalized spacial score (nSPS) is 11.5. The third-order valence-electron chi connectivity index (χ3n) is 4.44. The number of nitrogen functional groups attached to an aromatic ring is 1. The molecule has 0 fully saturated rings. The largest absolute Gasteiger partial charge is 0.381 e. The molecule has 3 N–H and O–H groups in total. The fraction of sp³-hybridized carbons (Fsp3) is 0. The molecule has 3 aromatic heterocycles. The Kier molecular flexibility index (Phi) is 3.20. The van der Waals surface area contributed by atoms with Gasteiger partial charge in [0.2, 0.25) is 0 Å². The maximum atomic E-state index is 14.6. The van der Waals surface area contributed by atoms with Crippen molar-refractivity contribution in [3.05, 3.63) is 66.6 Å². The zero-order valence-corrected chi connectivity index (χ0v) is 13.8. The van der Waals surface area contributed by atoms with Crippen molar-refractivity contribution in [2.45, 2.75) is 0 Å². The molecular formula is C19H12F2N6. The van der Waals surface area contributed by atoms with Crippen LogP contribution in [0.1, 0.15) is 0 Å². The van der Waals surface area contributed by atoms with Crippen molar-refractivity contribution >= 4 is 22.4 Å². The van der Waals surface area contributed by atoms with E-state index in [1.54, 1.807) is 41.2 Å². The Balaban J connectivity index is 1.90. The van der Waals surface area contributed by atoms with E-state index in [1.165, 1.54) is 18.2 Å². The van der Waals surface area contributed by atoms with Crippen molar-refractivity contribution in [1.29, 1.82) is 0 Å². The van der Waals surface area contributed by atoms with E-state index in [4.69, 9.17) is 5.73 Å². The van der Waals surface area contributed by atoms with Crippen LogP contribution < -0.4 is 5.73 Å². The molecule has 0 aliphatic heterocycles. The quantitative estimate of drug-likeness (QED) is 0.500. The van der Waals surface area contributed by atoms with E-state index in [2.05, 4.69) is 20.2 Å². The summed E-state index contributed by atoms with van der Waals surface area (Å²) in [5.74, 6) is -0.649. The van der Waals surface area contributed by atoms with E-state index < -0.39 is 11.6 Å². The number of aromatic nitrogens is 5. The minimum absolute atomic E-state index is 0.202. The second kappa shape index (κ2) is 5.60. The molecule has 0 unspecified atom stereocenters. The van der Waals surface area contributed by atoms with Crippen LogP contribution in [0, 0.1) is 11.6 Å². The van der Waals surface area contributed by atoms with Crippen LogP contribution >= 0.6 is 0 Å². The number of hydrogen-bond acceptors (Lipinski definition) is 4. The van der Waals surface area contributed by atoms with Gasteiger partial charge >= 0.3 is 0 Å². The van der Waals surface area contributed by atoms with Gasteiger partial charge in [0, 0.05) is 28.9 Å². The fourth-order valence-corrected chi connectivity index (χ4v) is 3.27. The minimum atomic E-state index is -0.449. The fourth-order valence-electron chi connectivity index (χ4n) is 3.27. The highest BCUT2D eigenvalue weighted by Crippen LogP contribution is 2.35. The zero-order valence-electron chi connectivity index (χ0n) is 13.8. The monoisotopic (exact) mass is 362 g/mol. The number of imidazole rings is 1. The van der Waals surface area contributed by atoms with Crippen LogP contribution in [-0.2, 0) is 0 Å². The van der Waals surface area contributed by atoms with Crippen molar-refractivity contribution in [3.63, 3.8) is 0 Å².